The Balaban J connectivity index is 1.91. The molecule has 1 saturated heterocycles. The molecule has 3 heterocycles. The van der Waals surface area contributed by atoms with Gasteiger partial charge in [-0.25, -0.2) is 4.98 Å². The zero-order valence-corrected chi connectivity index (χ0v) is 9.72. The first kappa shape index (κ1) is 10.0. The first-order valence-corrected chi connectivity index (χ1v) is 6.15. The molecule has 16 heavy (non-hydrogen) atoms. The monoisotopic (exact) mass is 236 g/mol. The normalized spacial score (nSPS) is 25.3. The smallest absolute Gasteiger partial charge is 0.193 e. The van der Waals surface area contributed by atoms with Crippen LogP contribution in [0.3, 0.4) is 0 Å². The molecule has 0 saturated carbocycles. The Hall–Kier alpha value is -1.14. The van der Waals surface area contributed by atoms with E-state index >= 15 is 0 Å². The van der Waals surface area contributed by atoms with E-state index in [1.54, 1.807) is 24.3 Å². The maximum Gasteiger partial charge on any atom is 0.193 e. The molecule has 2 aromatic heterocycles. The number of nitrogens with zero attached hydrogens (tertiary/aromatic N) is 4. The number of fused-ring (bicyclic) bond motifs is 1. The van der Waals surface area contributed by atoms with Crippen LogP contribution in [-0.4, -0.2) is 37.5 Å². The molecule has 0 amide bonds. The highest BCUT2D eigenvalue weighted by molar-refractivity contribution is 8.00. The van der Waals surface area contributed by atoms with E-state index in [4.69, 9.17) is 4.74 Å². The Kier molecular flexibility index (Phi) is 2.53. The van der Waals surface area contributed by atoms with Crippen LogP contribution in [0.2, 0.25) is 0 Å². The minimum Gasteiger partial charge on any atom is -0.377 e. The first-order valence-electron chi connectivity index (χ1n) is 5.27. The second kappa shape index (κ2) is 4.03. The van der Waals surface area contributed by atoms with Gasteiger partial charge in [0.1, 0.15) is 11.4 Å². The lowest BCUT2D eigenvalue weighted by Gasteiger charge is -2.12. The van der Waals surface area contributed by atoms with Gasteiger partial charge in [-0.15, -0.1) is 10.2 Å². The van der Waals surface area contributed by atoms with Gasteiger partial charge in [0, 0.05) is 24.3 Å². The average Bonchev–Trinajstić information content (AvgIpc) is 2.89. The Labute approximate surface area is 97.2 Å². The molecule has 5 nitrogen and oxygen atoms in total. The van der Waals surface area contributed by atoms with Crippen LogP contribution in [0.1, 0.15) is 13.3 Å². The zero-order chi connectivity index (χ0) is 11.0. The number of hydrogen-bond acceptors (Lipinski definition) is 5. The molecule has 1 aliphatic heterocycles. The predicted molar refractivity (Wildman–Crippen MR) is 60.5 cm³/mol. The van der Waals surface area contributed by atoms with E-state index in [2.05, 4.69) is 22.1 Å². The molecule has 1 aliphatic rings. The summed E-state index contributed by atoms with van der Waals surface area (Å²) in [4.78, 5) is 4.36. The van der Waals surface area contributed by atoms with Crippen molar-refractivity contribution in [1.82, 2.24) is 19.6 Å². The third-order valence-corrected chi connectivity index (χ3v) is 4.19. The summed E-state index contributed by atoms with van der Waals surface area (Å²) in [5.41, 5.74) is 0.826. The molecular formula is C10H12N4OS. The number of hydrogen-bond donors (Lipinski definition) is 0. The summed E-state index contributed by atoms with van der Waals surface area (Å²) in [6.45, 7) is 2.95. The molecule has 0 N–H and O–H groups in total. The number of thioether (sulfide) groups is 1. The standard InChI is InChI=1S/C10H12N4OS/c1-7-8(2-5-15-7)16-10-9-13-12-6-14(9)4-3-11-10/h3-4,6-8H,2,5H2,1H3. The van der Waals surface area contributed by atoms with Gasteiger partial charge in [-0.3, -0.25) is 4.40 Å². The SMILES string of the molecule is CC1OCCC1Sc1nccn2cnnc12. The molecular weight excluding hydrogens is 224 g/mol. The summed E-state index contributed by atoms with van der Waals surface area (Å²) in [5.74, 6) is 0. The molecule has 2 atom stereocenters. The molecule has 0 bridgehead atoms. The van der Waals surface area contributed by atoms with E-state index in [0.717, 1.165) is 23.7 Å². The molecule has 2 unspecified atom stereocenters. The van der Waals surface area contributed by atoms with Crippen LogP contribution in [-0.2, 0) is 4.74 Å². The number of ether oxygens (including phenoxy) is 1. The van der Waals surface area contributed by atoms with E-state index in [-0.39, 0.29) is 6.10 Å². The zero-order valence-electron chi connectivity index (χ0n) is 8.91. The Bertz CT molecular complexity index is 500. The van der Waals surface area contributed by atoms with Crippen molar-refractivity contribution < 1.29 is 4.74 Å². The van der Waals surface area contributed by atoms with E-state index in [0.29, 0.717) is 5.25 Å². The number of aromatic nitrogens is 4. The van der Waals surface area contributed by atoms with Gasteiger partial charge in [-0.05, 0) is 13.3 Å². The maximum atomic E-state index is 5.54. The van der Waals surface area contributed by atoms with Crippen molar-refractivity contribution in [3.8, 4) is 0 Å². The highest BCUT2D eigenvalue weighted by atomic mass is 32.2. The van der Waals surface area contributed by atoms with Gasteiger partial charge in [-0.1, -0.05) is 11.8 Å². The van der Waals surface area contributed by atoms with Crippen LogP contribution in [0.4, 0.5) is 0 Å². The van der Waals surface area contributed by atoms with Crippen molar-refractivity contribution >= 4 is 17.4 Å². The Morgan fingerprint density at radius 2 is 2.50 bits per heavy atom. The third kappa shape index (κ3) is 1.68. The molecule has 2 aromatic rings. The fourth-order valence-corrected chi connectivity index (χ4v) is 2.97. The minimum atomic E-state index is 0.287. The van der Waals surface area contributed by atoms with Crippen molar-refractivity contribution in [2.24, 2.45) is 0 Å². The lowest BCUT2D eigenvalue weighted by molar-refractivity contribution is 0.127. The van der Waals surface area contributed by atoms with Crippen molar-refractivity contribution in [2.75, 3.05) is 6.61 Å². The van der Waals surface area contributed by atoms with Crippen molar-refractivity contribution in [2.45, 2.75) is 29.7 Å². The van der Waals surface area contributed by atoms with E-state index < -0.39 is 0 Å². The Morgan fingerprint density at radius 3 is 3.31 bits per heavy atom. The predicted octanol–water partition coefficient (Wildman–Crippen LogP) is 1.39. The van der Waals surface area contributed by atoms with Crippen LogP contribution >= 0.6 is 11.8 Å². The highest BCUT2D eigenvalue weighted by Gasteiger charge is 2.26. The van der Waals surface area contributed by atoms with Gasteiger partial charge in [0.2, 0.25) is 0 Å². The lowest BCUT2D eigenvalue weighted by Crippen LogP contribution is -2.13. The second-order valence-corrected chi connectivity index (χ2v) is 5.04. The first-order chi connectivity index (χ1) is 7.84. The van der Waals surface area contributed by atoms with Crippen molar-refractivity contribution in [3.05, 3.63) is 18.7 Å². The van der Waals surface area contributed by atoms with Gasteiger partial charge in [-0.2, -0.15) is 0 Å². The third-order valence-electron chi connectivity index (χ3n) is 2.75. The van der Waals surface area contributed by atoms with Crippen LogP contribution in [0.25, 0.3) is 5.65 Å². The molecule has 0 aliphatic carbocycles. The Morgan fingerprint density at radius 1 is 1.56 bits per heavy atom. The van der Waals surface area contributed by atoms with Gasteiger partial charge in [0.25, 0.3) is 0 Å². The molecule has 0 aromatic carbocycles. The minimum absolute atomic E-state index is 0.287. The van der Waals surface area contributed by atoms with E-state index in [1.807, 2.05) is 10.6 Å². The van der Waals surface area contributed by atoms with Gasteiger partial charge in [0.05, 0.1) is 6.10 Å². The fraction of sp³-hybridized carbons (Fsp3) is 0.500. The number of rotatable bonds is 2. The molecule has 0 radical (unpaired) electrons. The summed E-state index contributed by atoms with van der Waals surface area (Å²) >= 11 is 1.73. The van der Waals surface area contributed by atoms with Crippen LogP contribution in [0.15, 0.2) is 23.7 Å². The molecule has 6 heteroatoms. The molecule has 0 spiro atoms. The summed E-state index contributed by atoms with van der Waals surface area (Å²) < 4.78 is 7.42. The van der Waals surface area contributed by atoms with Gasteiger partial charge in [0.15, 0.2) is 5.65 Å². The van der Waals surface area contributed by atoms with Gasteiger partial charge >= 0.3 is 0 Å². The average molecular weight is 236 g/mol. The quantitative estimate of drug-likeness (QED) is 0.788. The van der Waals surface area contributed by atoms with E-state index in [1.165, 1.54) is 0 Å². The summed E-state index contributed by atoms with van der Waals surface area (Å²) in [6, 6.07) is 0. The second-order valence-electron chi connectivity index (χ2n) is 3.82. The molecule has 3 rings (SSSR count). The highest BCUT2D eigenvalue weighted by Crippen LogP contribution is 2.32. The lowest BCUT2D eigenvalue weighted by atomic mass is 10.3. The van der Waals surface area contributed by atoms with Gasteiger partial charge < -0.3 is 4.74 Å². The van der Waals surface area contributed by atoms with Crippen molar-refractivity contribution in [3.63, 3.8) is 0 Å². The topological polar surface area (TPSA) is 52.3 Å². The van der Waals surface area contributed by atoms with Crippen molar-refractivity contribution in [1.29, 1.82) is 0 Å². The summed E-state index contributed by atoms with van der Waals surface area (Å²) in [6.07, 6.45) is 6.68. The van der Waals surface area contributed by atoms with E-state index in [9.17, 15) is 0 Å². The molecule has 1 fully saturated rings. The summed E-state index contributed by atoms with van der Waals surface area (Å²) in [5, 5.41) is 9.36. The fourth-order valence-electron chi connectivity index (χ4n) is 1.83. The largest absolute Gasteiger partial charge is 0.377 e. The molecule has 84 valence electrons. The van der Waals surface area contributed by atoms with Crippen LogP contribution in [0.5, 0.6) is 0 Å². The summed E-state index contributed by atoms with van der Waals surface area (Å²) in [7, 11) is 0. The van der Waals surface area contributed by atoms with Crippen LogP contribution in [0, 0.1) is 0 Å². The maximum absolute atomic E-state index is 5.54. The van der Waals surface area contributed by atoms with Crippen LogP contribution < -0.4 is 0 Å².